The minimum absolute atomic E-state index is 0.0256. The van der Waals surface area contributed by atoms with Crippen molar-refractivity contribution in [3.8, 4) is 0 Å². The summed E-state index contributed by atoms with van der Waals surface area (Å²) in [6.45, 7) is 2.63. The number of piperidine rings is 1. The monoisotopic (exact) mass is 489 g/mol. The summed E-state index contributed by atoms with van der Waals surface area (Å²) in [5, 5.41) is 5.25. The van der Waals surface area contributed by atoms with Gasteiger partial charge in [-0.3, -0.25) is 14.4 Å². The molecule has 3 aliphatic rings. The third-order valence-corrected chi connectivity index (χ3v) is 6.10. The van der Waals surface area contributed by atoms with E-state index in [1.165, 1.54) is 31.2 Å². The molecule has 1 spiro atoms. The van der Waals surface area contributed by atoms with Gasteiger partial charge in [-0.2, -0.15) is 5.10 Å². The average molecular weight is 489 g/mol. The normalized spacial score (nSPS) is 20.5. The van der Waals surface area contributed by atoms with Gasteiger partial charge in [-0.05, 0) is 50.2 Å². The topological polar surface area (TPSA) is 132 Å². The van der Waals surface area contributed by atoms with E-state index in [-0.39, 0.29) is 37.0 Å². The van der Waals surface area contributed by atoms with Crippen LogP contribution in [-0.2, 0) is 33.4 Å². The Morgan fingerprint density at radius 3 is 2.31 bits per heavy atom. The van der Waals surface area contributed by atoms with Gasteiger partial charge in [0, 0.05) is 24.9 Å². The highest BCUT2D eigenvalue weighted by Gasteiger charge is 2.59. The fraction of sp³-hybridized carbons (Fsp3) is 0.478. The van der Waals surface area contributed by atoms with Gasteiger partial charge in [0.2, 0.25) is 0 Å². The molecule has 11 nitrogen and oxygen atoms in total. The number of hydrogen-bond donors (Lipinski definition) is 0. The van der Waals surface area contributed by atoms with Gasteiger partial charge in [-0.1, -0.05) is 0 Å². The van der Waals surface area contributed by atoms with Crippen LogP contribution in [0.1, 0.15) is 36.5 Å². The van der Waals surface area contributed by atoms with Gasteiger partial charge in [0.1, 0.15) is 12.4 Å². The van der Waals surface area contributed by atoms with Crippen molar-refractivity contribution in [1.82, 2.24) is 9.91 Å². The van der Waals surface area contributed by atoms with Crippen molar-refractivity contribution in [3.05, 3.63) is 35.6 Å². The molecule has 3 aliphatic heterocycles. The maximum Gasteiger partial charge on any atom is 0.421 e. The minimum atomic E-state index is -2.15. The lowest BCUT2D eigenvalue weighted by Gasteiger charge is -2.36. The van der Waals surface area contributed by atoms with Crippen molar-refractivity contribution in [3.63, 3.8) is 0 Å². The van der Waals surface area contributed by atoms with Gasteiger partial charge in [0.25, 0.3) is 0 Å². The van der Waals surface area contributed by atoms with Gasteiger partial charge in [0.05, 0.1) is 18.7 Å². The van der Waals surface area contributed by atoms with Gasteiger partial charge in [0.15, 0.2) is 5.78 Å². The largest absolute Gasteiger partial charge is 0.460 e. The van der Waals surface area contributed by atoms with E-state index >= 15 is 0 Å². The van der Waals surface area contributed by atoms with Crippen LogP contribution in [0.15, 0.2) is 29.4 Å². The zero-order valence-electron chi connectivity index (χ0n) is 19.0. The summed E-state index contributed by atoms with van der Waals surface area (Å²) in [5.41, 5.74) is 0.676. The van der Waals surface area contributed by atoms with Crippen molar-refractivity contribution >= 4 is 35.3 Å². The van der Waals surface area contributed by atoms with Crippen LogP contribution in [-0.4, -0.2) is 83.8 Å². The zero-order chi connectivity index (χ0) is 25.2. The molecule has 1 amide bonds. The van der Waals surface area contributed by atoms with Crippen LogP contribution in [0, 0.1) is 11.7 Å². The molecule has 0 aliphatic carbocycles. The molecule has 0 saturated carbocycles. The SMILES string of the molecule is CC(=O)OCC1=NN(CCN2CCC(C(=O)c3ccc(F)cc3)CC2)C(=O)C2(C1)OC(=O)C(=O)O2. The van der Waals surface area contributed by atoms with E-state index < -0.39 is 35.4 Å². The van der Waals surface area contributed by atoms with E-state index in [4.69, 9.17) is 14.2 Å². The lowest BCUT2D eigenvalue weighted by Crippen LogP contribution is -2.55. The summed E-state index contributed by atoms with van der Waals surface area (Å²) in [6, 6.07) is 5.49. The molecule has 0 bridgehead atoms. The van der Waals surface area contributed by atoms with Gasteiger partial charge in [-0.15, -0.1) is 0 Å². The summed E-state index contributed by atoms with van der Waals surface area (Å²) in [7, 11) is 0. The first-order valence-electron chi connectivity index (χ1n) is 11.2. The Morgan fingerprint density at radius 1 is 1.09 bits per heavy atom. The van der Waals surface area contributed by atoms with E-state index in [2.05, 4.69) is 10.0 Å². The summed E-state index contributed by atoms with van der Waals surface area (Å²) in [6.07, 6.45) is 0.874. The number of nitrogens with zero attached hydrogens (tertiary/aromatic N) is 3. The van der Waals surface area contributed by atoms with Crippen LogP contribution in [0.4, 0.5) is 4.39 Å². The zero-order valence-corrected chi connectivity index (χ0v) is 19.0. The first-order chi connectivity index (χ1) is 16.7. The van der Waals surface area contributed by atoms with Crippen molar-refractivity contribution in [2.45, 2.75) is 32.0 Å². The third-order valence-electron chi connectivity index (χ3n) is 6.10. The first-order valence-corrected chi connectivity index (χ1v) is 11.2. The number of ether oxygens (including phenoxy) is 3. The van der Waals surface area contributed by atoms with Crippen molar-refractivity contribution in [1.29, 1.82) is 0 Å². The smallest absolute Gasteiger partial charge is 0.421 e. The number of halogens is 1. The summed E-state index contributed by atoms with van der Waals surface area (Å²) in [5.74, 6) is -6.68. The molecule has 0 unspecified atom stereocenters. The summed E-state index contributed by atoms with van der Waals surface area (Å²) < 4.78 is 28.0. The maximum absolute atomic E-state index is 13.1. The highest BCUT2D eigenvalue weighted by Crippen LogP contribution is 2.32. The molecule has 2 saturated heterocycles. The second-order valence-corrected chi connectivity index (χ2v) is 8.57. The lowest BCUT2D eigenvalue weighted by molar-refractivity contribution is -0.199. The second-order valence-electron chi connectivity index (χ2n) is 8.57. The van der Waals surface area contributed by atoms with Crippen LogP contribution in [0.2, 0.25) is 0 Å². The Labute approximate surface area is 199 Å². The molecule has 2 fully saturated rings. The van der Waals surface area contributed by atoms with Gasteiger partial charge >= 0.3 is 29.6 Å². The Balaban J connectivity index is 1.36. The van der Waals surface area contributed by atoms with Crippen molar-refractivity contribution < 1.29 is 42.6 Å². The molecular formula is C23H24FN3O8. The molecule has 1 aromatic carbocycles. The van der Waals surface area contributed by atoms with Gasteiger partial charge < -0.3 is 19.1 Å². The van der Waals surface area contributed by atoms with E-state index in [0.29, 0.717) is 38.0 Å². The first kappa shape index (κ1) is 24.5. The number of hydrazone groups is 1. The predicted molar refractivity (Wildman–Crippen MR) is 115 cm³/mol. The number of benzene rings is 1. The Kier molecular flexibility index (Phi) is 6.92. The van der Waals surface area contributed by atoms with E-state index in [1.54, 1.807) is 0 Å². The van der Waals surface area contributed by atoms with Crippen LogP contribution in [0.25, 0.3) is 0 Å². The molecule has 1 aromatic rings. The molecule has 0 atom stereocenters. The number of Topliss-reactive ketones (excluding diaryl/α,β-unsaturated/α-hetero) is 1. The summed E-state index contributed by atoms with van der Waals surface area (Å²) >= 11 is 0. The van der Waals surface area contributed by atoms with Crippen molar-refractivity contribution in [2.75, 3.05) is 32.8 Å². The molecule has 186 valence electrons. The quantitative estimate of drug-likeness (QED) is 0.308. The van der Waals surface area contributed by atoms with E-state index in [9.17, 15) is 28.4 Å². The number of likely N-dealkylation sites (tertiary alicyclic amines) is 1. The predicted octanol–water partition coefficient (Wildman–Crippen LogP) is 0.668. The second kappa shape index (κ2) is 9.90. The lowest BCUT2D eigenvalue weighted by atomic mass is 9.89. The summed E-state index contributed by atoms with van der Waals surface area (Å²) in [4.78, 5) is 62.2. The molecule has 0 aromatic heterocycles. The molecule has 35 heavy (non-hydrogen) atoms. The Hall–Kier alpha value is -3.67. The molecule has 0 N–H and O–H groups in total. The number of rotatable bonds is 7. The number of amides is 1. The van der Waals surface area contributed by atoms with Crippen LogP contribution in [0.3, 0.4) is 0 Å². The Bertz CT molecular complexity index is 1060. The number of carbonyl (C=O) groups is 5. The van der Waals surface area contributed by atoms with Crippen LogP contribution >= 0.6 is 0 Å². The molecule has 4 rings (SSSR count). The number of esters is 3. The van der Waals surface area contributed by atoms with Crippen LogP contribution < -0.4 is 0 Å². The number of ketones is 1. The number of carbonyl (C=O) groups excluding carboxylic acids is 5. The highest BCUT2D eigenvalue weighted by molar-refractivity contribution is 6.32. The molecular weight excluding hydrogens is 465 g/mol. The highest BCUT2D eigenvalue weighted by atomic mass is 19.1. The van der Waals surface area contributed by atoms with Crippen molar-refractivity contribution in [2.24, 2.45) is 11.0 Å². The average Bonchev–Trinajstić information content (AvgIpc) is 3.12. The standard InChI is InChI=1S/C23H24FN3O8/c1-14(28)33-13-18-12-23(34-20(30)21(31)35-23)22(32)27(25-18)11-10-26-8-6-16(7-9-26)19(29)15-2-4-17(24)5-3-15/h2-5,16H,6-13H2,1H3. The minimum Gasteiger partial charge on any atom is -0.460 e. The van der Waals surface area contributed by atoms with Crippen LogP contribution in [0.5, 0.6) is 0 Å². The van der Waals surface area contributed by atoms with E-state index in [0.717, 1.165) is 5.01 Å². The number of hydrogen-bond acceptors (Lipinski definition) is 10. The fourth-order valence-electron chi connectivity index (χ4n) is 4.28. The van der Waals surface area contributed by atoms with Gasteiger partial charge in [-0.25, -0.2) is 19.0 Å². The molecule has 0 radical (unpaired) electrons. The Morgan fingerprint density at radius 2 is 1.71 bits per heavy atom. The molecule has 12 heteroatoms. The maximum atomic E-state index is 13.1. The molecule has 3 heterocycles. The third kappa shape index (κ3) is 5.37. The van der Waals surface area contributed by atoms with E-state index in [1.807, 2.05) is 0 Å². The fourth-order valence-corrected chi connectivity index (χ4v) is 4.28.